The number of nitrogen functional groups attached to an aromatic ring is 1. The second-order valence-electron chi connectivity index (χ2n) is 5.24. The molecule has 2 aromatic carbocycles. The third kappa shape index (κ3) is 2.44. The lowest BCUT2D eigenvalue weighted by Gasteiger charge is -2.08. The van der Waals surface area contributed by atoms with Crippen LogP contribution in [0.1, 0.15) is 28.4 Å². The first kappa shape index (κ1) is 13.5. The van der Waals surface area contributed by atoms with Crippen molar-refractivity contribution >= 4 is 11.5 Å². The molecule has 0 saturated carbocycles. The van der Waals surface area contributed by atoms with Crippen LogP contribution >= 0.6 is 0 Å². The highest BCUT2D eigenvalue weighted by atomic mass is 16.5. The van der Waals surface area contributed by atoms with E-state index in [2.05, 4.69) is 0 Å². The van der Waals surface area contributed by atoms with E-state index >= 15 is 0 Å². The van der Waals surface area contributed by atoms with Gasteiger partial charge in [-0.2, -0.15) is 0 Å². The zero-order chi connectivity index (χ0) is 15.0. The molecular formula is C17H17NO3. The number of benzene rings is 2. The van der Waals surface area contributed by atoms with Crippen LogP contribution in [0, 0.1) is 0 Å². The van der Waals surface area contributed by atoms with Crippen LogP contribution in [0.15, 0.2) is 36.4 Å². The van der Waals surface area contributed by atoms with E-state index < -0.39 is 0 Å². The second kappa shape index (κ2) is 5.13. The van der Waals surface area contributed by atoms with Crippen LogP contribution in [0.4, 0.5) is 5.69 Å². The van der Waals surface area contributed by atoms with Gasteiger partial charge in [0.25, 0.3) is 0 Å². The van der Waals surface area contributed by atoms with Gasteiger partial charge >= 0.3 is 0 Å². The molecule has 0 spiro atoms. The maximum absolute atomic E-state index is 12.6. The molecule has 0 saturated heterocycles. The van der Waals surface area contributed by atoms with Crippen LogP contribution in [-0.2, 0) is 6.42 Å². The van der Waals surface area contributed by atoms with Crippen molar-refractivity contribution in [3.8, 4) is 11.5 Å². The van der Waals surface area contributed by atoms with Crippen LogP contribution < -0.4 is 15.2 Å². The summed E-state index contributed by atoms with van der Waals surface area (Å²) in [5.74, 6) is 1.34. The van der Waals surface area contributed by atoms with Crippen molar-refractivity contribution in [2.24, 2.45) is 0 Å². The highest BCUT2D eigenvalue weighted by Gasteiger charge is 2.21. The molecule has 0 bridgehead atoms. The smallest absolute Gasteiger partial charge is 0.193 e. The molecule has 1 aliphatic rings. The number of ether oxygens (including phenoxy) is 2. The van der Waals surface area contributed by atoms with Gasteiger partial charge in [0.15, 0.2) is 5.78 Å². The maximum Gasteiger partial charge on any atom is 0.193 e. The minimum atomic E-state index is -0.0457. The standard InChI is InChI=1S/C17H17NO3/c1-10-7-13-8-11(4-6-15(13)21-10)17(19)12-3-5-14(18)16(9-12)20-2/h3-6,8-10H,7,18H2,1-2H3. The molecule has 1 atom stereocenters. The summed E-state index contributed by atoms with van der Waals surface area (Å²) in [5.41, 5.74) is 8.59. The number of carbonyl (C=O) groups excluding carboxylic acids is 1. The molecule has 0 fully saturated rings. The van der Waals surface area contributed by atoms with Gasteiger partial charge in [-0.25, -0.2) is 0 Å². The van der Waals surface area contributed by atoms with Crippen molar-refractivity contribution in [1.29, 1.82) is 0 Å². The molecule has 2 aromatic rings. The van der Waals surface area contributed by atoms with Gasteiger partial charge in [0.05, 0.1) is 12.8 Å². The van der Waals surface area contributed by atoms with E-state index in [1.165, 1.54) is 7.11 Å². The fraction of sp³-hybridized carbons (Fsp3) is 0.235. The predicted octanol–water partition coefficient (Wildman–Crippen LogP) is 2.83. The van der Waals surface area contributed by atoms with E-state index in [9.17, 15) is 4.79 Å². The molecule has 0 aromatic heterocycles. The van der Waals surface area contributed by atoms with Crippen molar-refractivity contribution in [3.63, 3.8) is 0 Å². The normalized spacial score (nSPS) is 16.2. The third-order valence-electron chi connectivity index (χ3n) is 3.65. The molecule has 0 amide bonds. The molecule has 0 aliphatic carbocycles. The van der Waals surface area contributed by atoms with Crippen LogP contribution in [-0.4, -0.2) is 19.0 Å². The Balaban J connectivity index is 1.94. The summed E-state index contributed by atoms with van der Waals surface area (Å²) < 4.78 is 10.8. The number of hydrogen-bond donors (Lipinski definition) is 1. The first-order valence-corrected chi connectivity index (χ1v) is 6.86. The molecule has 21 heavy (non-hydrogen) atoms. The van der Waals surface area contributed by atoms with Gasteiger partial charge in [-0.1, -0.05) is 0 Å². The lowest BCUT2D eigenvalue weighted by atomic mass is 9.99. The Kier molecular flexibility index (Phi) is 3.29. The van der Waals surface area contributed by atoms with E-state index in [1.807, 2.05) is 19.1 Å². The summed E-state index contributed by atoms with van der Waals surface area (Å²) in [6.07, 6.45) is 1.00. The van der Waals surface area contributed by atoms with Gasteiger partial charge in [0.2, 0.25) is 0 Å². The van der Waals surface area contributed by atoms with Gasteiger partial charge in [-0.05, 0) is 48.9 Å². The molecule has 108 valence electrons. The van der Waals surface area contributed by atoms with E-state index in [-0.39, 0.29) is 11.9 Å². The van der Waals surface area contributed by atoms with Crippen molar-refractivity contribution in [1.82, 2.24) is 0 Å². The number of methoxy groups -OCH3 is 1. The number of anilines is 1. The third-order valence-corrected chi connectivity index (χ3v) is 3.65. The highest BCUT2D eigenvalue weighted by Crippen LogP contribution is 2.30. The Morgan fingerprint density at radius 1 is 1.24 bits per heavy atom. The summed E-state index contributed by atoms with van der Waals surface area (Å²) in [4.78, 5) is 12.6. The molecule has 1 unspecified atom stereocenters. The number of fused-ring (bicyclic) bond motifs is 1. The minimum Gasteiger partial charge on any atom is -0.495 e. The van der Waals surface area contributed by atoms with Gasteiger partial charge in [-0.15, -0.1) is 0 Å². The minimum absolute atomic E-state index is 0.0457. The zero-order valence-electron chi connectivity index (χ0n) is 12.1. The summed E-state index contributed by atoms with van der Waals surface area (Å²) in [7, 11) is 1.54. The Labute approximate surface area is 123 Å². The van der Waals surface area contributed by atoms with Crippen molar-refractivity contribution in [3.05, 3.63) is 53.1 Å². The predicted molar refractivity (Wildman–Crippen MR) is 81.1 cm³/mol. The number of hydrogen-bond acceptors (Lipinski definition) is 4. The topological polar surface area (TPSA) is 61.5 Å². The monoisotopic (exact) mass is 283 g/mol. The average molecular weight is 283 g/mol. The Morgan fingerprint density at radius 2 is 1.95 bits per heavy atom. The average Bonchev–Trinajstić information content (AvgIpc) is 2.86. The molecule has 1 heterocycles. The number of nitrogens with two attached hydrogens (primary N) is 1. The molecule has 2 N–H and O–H groups in total. The first-order valence-electron chi connectivity index (χ1n) is 6.86. The summed E-state index contributed by atoms with van der Waals surface area (Å²) in [5, 5.41) is 0. The molecule has 1 aliphatic heterocycles. The van der Waals surface area contributed by atoms with Crippen molar-refractivity contribution in [2.75, 3.05) is 12.8 Å². The fourth-order valence-electron chi connectivity index (χ4n) is 2.58. The van der Waals surface area contributed by atoms with E-state index in [1.54, 1.807) is 24.3 Å². The van der Waals surface area contributed by atoms with E-state index in [4.69, 9.17) is 15.2 Å². The highest BCUT2D eigenvalue weighted by molar-refractivity contribution is 6.09. The summed E-state index contributed by atoms with van der Waals surface area (Å²) in [6.45, 7) is 2.02. The quantitative estimate of drug-likeness (QED) is 0.695. The Bertz CT molecular complexity index is 709. The lowest BCUT2D eigenvalue weighted by molar-refractivity contribution is 0.103. The van der Waals surface area contributed by atoms with E-state index in [0.717, 1.165) is 17.7 Å². The van der Waals surface area contributed by atoms with Crippen LogP contribution in [0.2, 0.25) is 0 Å². The SMILES string of the molecule is COc1cc(C(=O)c2ccc3c(c2)CC(C)O3)ccc1N. The molecule has 3 rings (SSSR count). The van der Waals surface area contributed by atoms with Crippen LogP contribution in [0.5, 0.6) is 11.5 Å². The zero-order valence-corrected chi connectivity index (χ0v) is 12.1. The number of ketones is 1. The fourth-order valence-corrected chi connectivity index (χ4v) is 2.58. The van der Waals surface area contributed by atoms with Crippen molar-refractivity contribution in [2.45, 2.75) is 19.4 Å². The van der Waals surface area contributed by atoms with Gasteiger partial charge in [0.1, 0.15) is 17.6 Å². The van der Waals surface area contributed by atoms with Crippen LogP contribution in [0.25, 0.3) is 0 Å². The van der Waals surface area contributed by atoms with Gasteiger partial charge in [0, 0.05) is 17.5 Å². The largest absolute Gasteiger partial charge is 0.495 e. The number of rotatable bonds is 3. The van der Waals surface area contributed by atoms with Gasteiger partial charge in [-0.3, -0.25) is 4.79 Å². The summed E-state index contributed by atoms with van der Waals surface area (Å²) in [6, 6.07) is 10.6. The molecule has 4 heteroatoms. The lowest BCUT2D eigenvalue weighted by Crippen LogP contribution is -2.05. The summed E-state index contributed by atoms with van der Waals surface area (Å²) >= 11 is 0. The first-order chi connectivity index (χ1) is 10.1. The molecule has 0 radical (unpaired) electrons. The van der Waals surface area contributed by atoms with Crippen LogP contribution in [0.3, 0.4) is 0 Å². The number of carbonyl (C=O) groups is 1. The van der Waals surface area contributed by atoms with Crippen molar-refractivity contribution < 1.29 is 14.3 Å². The second-order valence-corrected chi connectivity index (χ2v) is 5.24. The molecular weight excluding hydrogens is 266 g/mol. The maximum atomic E-state index is 12.6. The van der Waals surface area contributed by atoms with Gasteiger partial charge < -0.3 is 15.2 Å². The Morgan fingerprint density at radius 3 is 2.71 bits per heavy atom. The Hall–Kier alpha value is -2.49. The molecule has 4 nitrogen and oxygen atoms in total. The van der Waals surface area contributed by atoms with E-state index in [0.29, 0.717) is 22.6 Å².